The van der Waals surface area contributed by atoms with Gasteiger partial charge >= 0.3 is 0 Å². The Morgan fingerprint density at radius 1 is 1.25 bits per heavy atom. The Bertz CT molecular complexity index is 547. The normalized spacial score (nSPS) is 10.3. The molecule has 0 spiro atoms. The van der Waals surface area contributed by atoms with Crippen LogP contribution in [0.3, 0.4) is 0 Å². The van der Waals surface area contributed by atoms with Gasteiger partial charge in [-0.05, 0) is 25.1 Å². The van der Waals surface area contributed by atoms with Gasteiger partial charge in [-0.2, -0.15) is 0 Å². The minimum Gasteiger partial charge on any atom is -0.495 e. The standard InChI is InChI=1S/C14H17ClN4O/c1-20-13-6-3-2-5-12(13)19(8-4-7-16)14-17-9-11(15)10-18-14/h2-3,5-6,9-10H,4,7-8,16H2,1H3. The lowest BCUT2D eigenvalue weighted by molar-refractivity contribution is 0.415. The highest BCUT2D eigenvalue weighted by atomic mass is 35.5. The minimum atomic E-state index is 0.507. The van der Waals surface area contributed by atoms with Crippen molar-refractivity contribution in [2.45, 2.75) is 6.42 Å². The number of benzene rings is 1. The molecule has 0 aliphatic rings. The Morgan fingerprint density at radius 3 is 2.60 bits per heavy atom. The summed E-state index contributed by atoms with van der Waals surface area (Å²) in [4.78, 5) is 10.5. The van der Waals surface area contributed by atoms with E-state index in [-0.39, 0.29) is 0 Å². The van der Waals surface area contributed by atoms with Crippen LogP contribution in [0.1, 0.15) is 6.42 Å². The Kier molecular flexibility index (Phi) is 5.15. The van der Waals surface area contributed by atoms with Gasteiger partial charge in [0.1, 0.15) is 5.75 Å². The van der Waals surface area contributed by atoms with E-state index in [0.29, 0.717) is 24.1 Å². The third kappa shape index (κ3) is 3.37. The third-order valence-corrected chi connectivity index (χ3v) is 3.01. The Hall–Kier alpha value is -1.85. The van der Waals surface area contributed by atoms with Gasteiger partial charge in [0.15, 0.2) is 0 Å². The van der Waals surface area contributed by atoms with Crippen molar-refractivity contribution in [3.05, 3.63) is 41.7 Å². The molecule has 5 nitrogen and oxygen atoms in total. The lowest BCUT2D eigenvalue weighted by Crippen LogP contribution is -2.23. The van der Waals surface area contributed by atoms with Crippen molar-refractivity contribution in [1.82, 2.24) is 9.97 Å². The van der Waals surface area contributed by atoms with Gasteiger partial charge in [0.2, 0.25) is 5.95 Å². The number of rotatable bonds is 6. The van der Waals surface area contributed by atoms with Crippen LogP contribution in [0.5, 0.6) is 5.75 Å². The van der Waals surface area contributed by atoms with Gasteiger partial charge in [-0.25, -0.2) is 9.97 Å². The fourth-order valence-corrected chi connectivity index (χ4v) is 1.97. The number of nitrogens with two attached hydrogens (primary N) is 1. The van der Waals surface area contributed by atoms with Gasteiger partial charge in [-0.1, -0.05) is 23.7 Å². The Balaban J connectivity index is 2.38. The smallest absolute Gasteiger partial charge is 0.230 e. The zero-order valence-electron chi connectivity index (χ0n) is 11.3. The van der Waals surface area contributed by atoms with Crippen molar-refractivity contribution in [1.29, 1.82) is 0 Å². The van der Waals surface area contributed by atoms with Crippen LogP contribution >= 0.6 is 11.6 Å². The number of para-hydroxylation sites is 2. The molecule has 1 aromatic carbocycles. The first-order valence-electron chi connectivity index (χ1n) is 6.34. The number of methoxy groups -OCH3 is 1. The number of hydrogen-bond donors (Lipinski definition) is 1. The summed E-state index contributed by atoms with van der Waals surface area (Å²) >= 11 is 5.84. The quantitative estimate of drug-likeness (QED) is 0.886. The molecule has 2 N–H and O–H groups in total. The molecule has 0 aliphatic heterocycles. The Morgan fingerprint density at radius 2 is 1.95 bits per heavy atom. The number of nitrogens with zero attached hydrogens (tertiary/aromatic N) is 3. The maximum absolute atomic E-state index is 5.84. The molecule has 0 atom stereocenters. The molecule has 6 heteroatoms. The summed E-state index contributed by atoms with van der Waals surface area (Å²) in [6, 6.07) is 7.74. The van der Waals surface area contributed by atoms with Crippen molar-refractivity contribution in [2.75, 3.05) is 25.1 Å². The first kappa shape index (κ1) is 14.6. The average Bonchev–Trinajstić information content (AvgIpc) is 2.50. The van der Waals surface area contributed by atoms with E-state index in [0.717, 1.165) is 17.9 Å². The van der Waals surface area contributed by atoms with Gasteiger partial charge in [0, 0.05) is 6.54 Å². The highest BCUT2D eigenvalue weighted by molar-refractivity contribution is 6.30. The monoisotopic (exact) mass is 292 g/mol. The highest BCUT2D eigenvalue weighted by Gasteiger charge is 2.15. The highest BCUT2D eigenvalue weighted by Crippen LogP contribution is 2.31. The number of anilines is 2. The molecule has 0 bridgehead atoms. The van der Waals surface area contributed by atoms with Crippen LogP contribution < -0.4 is 15.4 Å². The van der Waals surface area contributed by atoms with Gasteiger partial charge in [-0.3, -0.25) is 0 Å². The van der Waals surface area contributed by atoms with Crippen molar-refractivity contribution in [3.63, 3.8) is 0 Å². The lowest BCUT2D eigenvalue weighted by atomic mass is 10.2. The second-order valence-electron chi connectivity index (χ2n) is 4.17. The molecule has 1 heterocycles. The second-order valence-corrected chi connectivity index (χ2v) is 4.60. The fourth-order valence-electron chi connectivity index (χ4n) is 1.88. The van der Waals surface area contributed by atoms with Crippen LogP contribution in [0.4, 0.5) is 11.6 Å². The van der Waals surface area contributed by atoms with Crippen LogP contribution in [0, 0.1) is 0 Å². The van der Waals surface area contributed by atoms with Crippen molar-refractivity contribution < 1.29 is 4.74 Å². The van der Waals surface area contributed by atoms with E-state index >= 15 is 0 Å². The maximum atomic E-state index is 5.84. The minimum absolute atomic E-state index is 0.507. The molecule has 0 saturated carbocycles. The van der Waals surface area contributed by atoms with E-state index in [4.69, 9.17) is 22.1 Å². The largest absolute Gasteiger partial charge is 0.495 e. The van der Waals surface area contributed by atoms with E-state index in [1.807, 2.05) is 29.2 Å². The van der Waals surface area contributed by atoms with Crippen LogP contribution in [0.2, 0.25) is 5.02 Å². The molecule has 0 aliphatic carbocycles. The molecule has 0 amide bonds. The van der Waals surface area contributed by atoms with Gasteiger partial charge in [0.05, 0.1) is 30.2 Å². The lowest BCUT2D eigenvalue weighted by Gasteiger charge is -2.24. The molecular weight excluding hydrogens is 276 g/mol. The molecule has 2 rings (SSSR count). The van der Waals surface area contributed by atoms with Crippen LogP contribution in [0.15, 0.2) is 36.7 Å². The van der Waals surface area contributed by atoms with Crippen LogP contribution in [0.25, 0.3) is 0 Å². The van der Waals surface area contributed by atoms with Crippen molar-refractivity contribution in [3.8, 4) is 5.75 Å². The number of ether oxygens (including phenoxy) is 1. The topological polar surface area (TPSA) is 64.3 Å². The molecule has 0 fully saturated rings. The Labute approximate surface area is 123 Å². The summed E-state index contributed by atoms with van der Waals surface area (Å²) in [6.07, 6.45) is 3.98. The molecule has 20 heavy (non-hydrogen) atoms. The van der Waals surface area contributed by atoms with E-state index in [1.54, 1.807) is 19.5 Å². The zero-order chi connectivity index (χ0) is 14.4. The molecule has 2 aromatic rings. The van der Waals surface area contributed by atoms with Gasteiger partial charge < -0.3 is 15.4 Å². The molecule has 0 saturated heterocycles. The predicted molar refractivity (Wildman–Crippen MR) is 80.7 cm³/mol. The summed E-state index contributed by atoms with van der Waals surface area (Å²) < 4.78 is 5.40. The summed E-state index contributed by atoms with van der Waals surface area (Å²) in [7, 11) is 1.64. The van der Waals surface area contributed by atoms with Crippen LogP contribution in [-0.4, -0.2) is 30.2 Å². The summed E-state index contributed by atoms with van der Waals surface area (Å²) in [6.45, 7) is 1.30. The molecule has 106 valence electrons. The van der Waals surface area contributed by atoms with Gasteiger partial charge in [-0.15, -0.1) is 0 Å². The number of hydrogen-bond acceptors (Lipinski definition) is 5. The first-order valence-corrected chi connectivity index (χ1v) is 6.72. The summed E-state index contributed by atoms with van der Waals surface area (Å²) in [5.74, 6) is 1.34. The van der Waals surface area contributed by atoms with E-state index < -0.39 is 0 Å². The van der Waals surface area contributed by atoms with E-state index in [1.165, 1.54) is 0 Å². The zero-order valence-corrected chi connectivity index (χ0v) is 12.0. The first-order chi connectivity index (χ1) is 9.76. The molecule has 0 radical (unpaired) electrons. The van der Waals surface area contributed by atoms with Crippen molar-refractivity contribution in [2.24, 2.45) is 5.73 Å². The van der Waals surface area contributed by atoms with Crippen molar-refractivity contribution >= 4 is 23.2 Å². The average molecular weight is 293 g/mol. The fraction of sp³-hybridized carbons (Fsp3) is 0.286. The van der Waals surface area contributed by atoms with Gasteiger partial charge in [0.25, 0.3) is 0 Å². The SMILES string of the molecule is COc1ccccc1N(CCCN)c1ncc(Cl)cn1. The third-order valence-electron chi connectivity index (χ3n) is 2.81. The summed E-state index contributed by atoms with van der Waals surface area (Å²) in [5, 5.41) is 0.507. The summed E-state index contributed by atoms with van der Waals surface area (Å²) in [5.41, 5.74) is 6.52. The number of halogens is 1. The number of aromatic nitrogens is 2. The van der Waals surface area contributed by atoms with E-state index in [2.05, 4.69) is 9.97 Å². The van der Waals surface area contributed by atoms with E-state index in [9.17, 15) is 0 Å². The molecule has 1 aromatic heterocycles. The maximum Gasteiger partial charge on any atom is 0.230 e. The molecule has 0 unspecified atom stereocenters. The molecular formula is C14H17ClN4O. The van der Waals surface area contributed by atoms with Crippen LogP contribution in [-0.2, 0) is 0 Å². The predicted octanol–water partition coefficient (Wildman–Crippen LogP) is 2.63. The second kappa shape index (κ2) is 7.07.